The van der Waals surface area contributed by atoms with Gasteiger partial charge in [-0.15, -0.1) is 0 Å². The van der Waals surface area contributed by atoms with Crippen LogP contribution in [0.2, 0.25) is 5.02 Å². The standard InChI is InChI=1S/C18H12BrClF4N2/c1-8-14(20)16(11-6-9(19)7-13(22)15(11)25-8)26-17(18(23)24)10-4-2-3-5-12(10)21/h2-7,17-18H,1H3,(H,25,26)/t17-/m0/s1. The van der Waals surface area contributed by atoms with Gasteiger partial charge in [-0.05, 0) is 25.1 Å². The largest absolute Gasteiger partial charge is 0.371 e. The summed E-state index contributed by atoms with van der Waals surface area (Å²) in [6, 6.07) is 6.30. The molecule has 0 aliphatic carbocycles. The smallest absolute Gasteiger partial charge is 0.262 e. The molecule has 8 heteroatoms. The summed E-state index contributed by atoms with van der Waals surface area (Å²) in [4.78, 5) is 4.09. The van der Waals surface area contributed by atoms with Crippen LogP contribution in [0.5, 0.6) is 0 Å². The van der Waals surface area contributed by atoms with Crippen LogP contribution < -0.4 is 5.32 Å². The van der Waals surface area contributed by atoms with Crippen molar-refractivity contribution < 1.29 is 17.6 Å². The van der Waals surface area contributed by atoms with Gasteiger partial charge >= 0.3 is 0 Å². The number of rotatable bonds is 4. The number of halogens is 6. The SMILES string of the molecule is Cc1nc2c(F)cc(Br)cc2c(N[C@@H](c2ccccc2F)C(F)F)c1Cl. The van der Waals surface area contributed by atoms with E-state index in [1.807, 2.05) is 0 Å². The van der Waals surface area contributed by atoms with Crippen molar-refractivity contribution in [3.63, 3.8) is 0 Å². The highest BCUT2D eigenvalue weighted by Gasteiger charge is 2.27. The quantitative estimate of drug-likeness (QED) is 0.453. The zero-order chi connectivity index (χ0) is 19.0. The van der Waals surface area contributed by atoms with Crippen LogP contribution in [0, 0.1) is 18.6 Å². The minimum atomic E-state index is -2.93. The molecule has 3 aromatic rings. The summed E-state index contributed by atoms with van der Waals surface area (Å²) in [5.74, 6) is -1.40. The lowest BCUT2D eigenvalue weighted by molar-refractivity contribution is 0.123. The van der Waals surface area contributed by atoms with E-state index in [4.69, 9.17) is 11.6 Å². The molecule has 1 aromatic heterocycles. The number of aryl methyl sites for hydroxylation is 1. The van der Waals surface area contributed by atoms with Crippen molar-refractivity contribution in [2.75, 3.05) is 5.32 Å². The van der Waals surface area contributed by atoms with Crippen molar-refractivity contribution in [3.05, 3.63) is 68.8 Å². The van der Waals surface area contributed by atoms with Crippen molar-refractivity contribution in [1.29, 1.82) is 0 Å². The highest BCUT2D eigenvalue weighted by Crippen LogP contribution is 2.38. The average molecular weight is 448 g/mol. The lowest BCUT2D eigenvalue weighted by Crippen LogP contribution is -2.21. The second-order valence-electron chi connectivity index (χ2n) is 5.65. The van der Waals surface area contributed by atoms with E-state index >= 15 is 0 Å². The number of anilines is 1. The topological polar surface area (TPSA) is 24.9 Å². The molecule has 0 saturated heterocycles. The number of hydrogen-bond acceptors (Lipinski definition) is 2. The molecule has 0 fully saturated rings. The molecule has 3 rings (SSSR count). The van der Waals surface area contributed by atoms with E-state index in [0.717, 1.165) is 6.07 Å². The highest BCUT2D eigenvalue weighted by molar-refractivity contribution is 9.10. The summed E-state index contributed by atoms with van der Waals surface area (Å²) in [7, 11) is 0. The highest BCUT2D eigenvalue weighted by atomic mass is 79.9. The number of nitrogens with one attached hydrogen (secondary N) is 1. The Labute approximate surface area is 160 Å². The molecular weight excluding hydrogens is 436 g/mol. The third-order valence-electron chi connectivity index (χ3n) is 3.91. The molecule has 0 spiro atoms. The van der Waals surface area contributed by atoms with Crippen molar-refractivity contribution in [2.45, 2.75) is 19.4 Å². The molecule has 1 atom stereocenters. The molecule has 2 nitrogen and oxygen atoms in total. The van der Waals surface area contributed by atoms with E-state index < -0.39 is 24.1 Å². The number of benzene rings is 2. The predicted octanol–water partition coefficient (Wildman–Crippen LogP) is 6.66. The maximum atomic E-state index is 14.3. The van der Waals surface area contributed by atoms with Crippen molar-refractivity contribution in [2.24, 2.45) is 0 Å². The zero-order valence-corrected chi connectivity index (χ0v) is 15.7. The monoisotopic (exact) mass is 446 g/mol. The maximum Gasteiger partial charge on any atom is 0.262 e. The molecule has 136 valence electrons. The first-order valence-corrected chi connectivity index (χ1v) is 8.70. The van der Waals surface area contributed by atoms with Crippen LogP contribution in [0.1, 0.15) is 17.3 Å². The van der Waals surface area contributed by atoms with Crippen LogP contribution in [-0.4, -0.2) is 11.4 Å². The lowest BCUT2D eigenvalue weighted by atomic mass is 10.0. The average Bonchev–Trinajstić information content (AvgIpc) is 2.57. The van der Waals surface area contributed by atoms with Gasteiger partial charge in [-0.3, -0.25) is 0 Å². The van der Waals surface area contributed by atoms with Crippen LogP contribution >= 0.6 is 27.5 Å². The molecule has 1 N–H and O–H groups in total. The Kier molecular flexibility index (Phi) is 5.39. The zero-order valence-electron chi connectivity index (χ0n) is 13.3. The van der Waals surface area contributed by atoms with Crippen LogP contribution in [0.15, 0.2) is 40.9 Å². The molecular formula is C18H12BrClF4N2. The molecule has 0 amide bonds. The number of aromatic nitrogens is 1. The van der Waals surface area contributed by atoms with Gasteiger partial charge in [0.15, 0.2) is 5.82 Å². The Hall–Kier alpha value is -1.86. The third kappa shape index (κ3) is 3.50. The van der Waals surface area contributed by atoms with Gasteiger partial charge in [0.25, 0.3) is 6.43 Å². The van der Waals surface area contributed by atoms with E-state index in [0.29, 0.717) is 4.47 Å². The Balaban J connectivity index is 2.20. The van der Waals surface area contributed by atoms with Gasteiger partial charge in [-0.25, -0.2) is 22.5 Å². The molecule has 1 heterocycles. The van der Waals surface area contributed by atoms with Gasteiger partial charge < -0.3 is 5.32 Å². The third-order valence-corrected chi connectivity index (χ3v) is 4.83. The number of hydrogen-bond donors (Lipinski definition) is 1. The molecule has 0 radical (unpaired) electrons. The first-order valence-electron chi connectivity index (χ1n) is 7.53. The number of nitrogens with zero attached hydrogens (tertiary/aromatic N) is 1. The Bertz CT molecular complexity index is 981. The van der Waals surface area contributed by atoms with Crippen LogP contribution in [0.25, 0.3) is 10.9 Å². The Morgan fingerprint density at radius 3 is 2.46 bits per heavy atom. The van der Waals surface area contributed by atoms with Gasteiger partial charge in [0.1, 0.15) is 17.4 Å². The Morgan fingerprint density at radius 1 is 1.12 bits per heavy atom. The number of alkyl halides is 2. The summed E-state index contributed by atoms with van der Waals surface area (Å²) in [5, 5.41) is 2.88. The fourth-order valence-corrected chi connectivity index (χ4v) is 3.32. The summed E-state index contributed by atoms with van der Waals surface area (Å²) < 4.78 is 56.0. The van der Waals surface area contributed by atoms with Gasteiger partial charge in [0.2, 0.25) is 0 Å². The van der Waals surface area contributed by atoms with Gasteiger partial charge in [0, 0.05) is 15.4 Å². The molecule has 0 aliphatic rings. The fourth-order valence-electron chi connectivity index (χ4n) is 2.69. The number of pyridine rings is 1. The van der Waals surface area contributed by atoms with Gasteiger partial charge in [0.05, 0.1) is 16.4 Å². The van der Waals surface area contributed by atoms with E-state index in [1.165, 1.54) is 37.3 Å². The minimum Gasteiger partial charge on any atom is -0.371 e. The predicted molar refractivity (Wildman–Crippen MR) is 97.9 cm³/mol. The van der Waals surface area contributed by atoms with Crippen LogP contribution in [0.4, 0.5) is 23.2 Å². The minimum absolute atomic E-state index is 0.0147. The molecule has 0 saturated carbocycles. The fraction of sp³-hybridized carbons (Fsp3) is 0.167. The van der Waals surface area contributed by atoms with Crippen LogP contribution in [0.3, 0.4) is 0 Å². The van der Waals surface area contributed by atoms with Gasteiger partial charge in [-0.1, -0.05) is 45.7 Å². The van der Waals surface area contributed by atoms with E-state index in [1.54, 1.807) is 0 Å². The first kappa shape index (κ1) is 18.9. The summed E-state index contributed by atoms with van der Waals surface area (Å²) in [5.41, 5.74) is 0.114. The molecule has 0 unspecified atom stereocenters. The van der Waals surface area contributed by atoms with Crippen molar-refractivity contribution >= 4 is 44.1 Å². The van der Waals surface area contributed by atoms with E-state index in [-0.39, 0.29) is 32.9 Å². The van der Waals surface area contributed by atoms with Crippen molar-refractivity contribution in [1.82, 2.24) is 4.98 Å². The molecule has 26 heavy (non-hydrogen) atoms. The molecule has 0 aliphatic heterocycles. The summed E-state index contributed by atoms with van der Waals surface area (Å²) in [6.45, 7) is 1.54. The summed E-state index contributed by atoms with van der Waals surface area (Å²) in [6.07, 6.45) is -2.93. The number of fused-ring (bicyclic) bond motifs is 1. The van der Waals surface area contributed by atoms with E-state index in [2.05, 4.69) is 26.2 Å². The summed E-state index contributed by atoms with van der Waals surface area (Å²) >= 11 is 9.42. The van der Waals surface area contributed by atoms with Crippen molar-refractivity contribution in [3.8, 4) is 0 Å². The second kappa shape index (κ2) is 7.40. The molecule has 0 bridgehead atoms. The second-order valence-corrected chi connectivity index (χ2v) is 6.94. The van der Waals surface area contributed by atoms with Crippen LogP contribution in [-0.2, 0) is 0 Å². The molecule has 2 aromatic carbocycles. The lowest BCUT2D eigenvalue weighted by Gasteiger charge is -2.22. The van der Waals surface area contributed by atoms with E-state index in [9.17, 15) is 17.6 Å². The Morgan fingerprint density at radius 2 is 1.81 bits per heavy atom. The first-order chi connectivity index (χ1) is 12.3. The van der Waals surface area contributed by atoms with Gasteiger partial charge in [-0.2, -0.15) is 0 Å². The maximum absolute atomic E-state index is 14.3. The normalized spacial score (nSPS) is 12.6.